The second kappa shape index (κ2) is 29.0. The Morgan fingerprint density at radius 3 is 0.926 bits per heavy atom. The molecule has 20 heteroatoms. The van der Waals surface area contributed by atoms with Crippen LogP contribution in [0.5, 0.6) is 0 Å². The van der Waals surface area contributed by atoms with Gasteiger partial charge < -0.3 is 0 Å². The summed E-state index contributed by atoms with van der Waals surface area (Å²) in [5.41, 5.74) is 18.6. The minimum atomic E-state index is -4.15. The van der Waals surface area contributed by atoms with Gasteiger partial charge in [0, 0.05) is 50.5 Å². The normalized spacial score (nSPS) is 17.0. The molecule has 1 atom stereocenters. The van der Waals surface area contributed by atoms with Crippen LogP contribution in [0.3, 0.4) is 0 Å². The quantitative estimate of drug-likeness (QED) is 0.0299. The molecule has 4 aromatic carbocycles. The predicted molar refractivity (Wildman–Crippen MR) is 439 cm³/mol. The molecule has 6 aliphatic rings. The summed E-state index contributed by atoms with van der Waals surface area (Å²) in [6.07, 6.45) is 18.5. The van der Waals surface area contributed by atoms with E-state index in [0.29, 0.717) is 76.1 Å². The maximum Gasteiger partial charge on any atom is 0.553 e. The van der Waals surface area contributed by atoms with Crippen LogP contribution >= 0.6 is 0 Å². The Hall–Kier alpha value is -6.88. The van der Waals surface area contributed by atoms with E-state index in [9.17, 15) is 0 Å². The van der Waals surface area contributed by atoms with Crippen molar-refractivity contribution >= 4 is 73.8 Å². The molecule has 1 unspecified atom stereocenters. The van der Waals surface area contributed by atoms with E-state index in [2.05, 4.69) is 190 Å². The van der Waals surface area contributed by atoms with Crippen molar-refractivity contribution in [2.45, 2.75) is 262 Å². The first kappa shape index (κ1) is 80.6. The summed E-state index contributed by atoms with van der Waals surface area (Å²) in [4.78, 5) is 0.833. The summed E-state index contributed by atoms with van der Waals surface area (Å²) in [6.45, 7) is 48.3. The Morgan fingerprint density at radius 1 is 0.370 bits per heavy atom. The lowest BCUT2D eigenvalue weighted by Gasteiger charge is -2.42. The Morgan fingerprint density at radius 2 is 0.648 bits per heavy atom. The molecule has 0 aliphatic carbocycles. The lowest BCUT2D eigenvalue weighted by Crippen LogP contribution is -2.71. The van der Waals surface area contributed by atoms with Crippen LogP contribution in [-0.4, -0.2) is 89.6 Å². The molecule has 0 saturated heterocycles. The molecular formula is C88H118N8O8S4+2. The first-order valence-electron chi connectivity index (χ1n) is 39.6. The van der Waals surface area contributed by atoms with Crippen LogP contribution in [0.25, 0.3) is 22.3 Å². The van der Waals surface area contributed by atoms with Gasteiger partial charge >= 0.3 is 5.91 Å². The molecule has 1 spiro atoms. The Labute approximate surface area is 645 Å². The molecule has 0 bridgehead atoms. The van der Waals surface area contributed by atoms with E-state index in [-0.39, 0.29) is 62.0 Å². The number of aromatic nitrogens is 2. The zero-order valence-corrected chi connectivity index (χ0v) is 71.8. The number of rotatable bonds is 32. The van der Waals surface area contributed by atoms with Crippen LogP contribution in [0.1, 0.15) is 254 Å². The number of allylic oxidation sites excluding steroid dienone is 4. The number of nitrogens with one attached hydrogen (secondary N) is 4. The van der Waals surface area contributed by atoms with Crippen LogP contribution in [0, 0.1) is 105 Å². The van der Waals surface area contributed by atoms with Gasteiger partial charge in [-0.05, 0) is 244 Å². The standard InChI is InChI=1S/C88H118N8O8S4/c1-24-64(25-2)40-44-89-105(97,98)81-56(13)48-52(9)73(60(81)17)77-65-32-34-67-78(74-53(10)49-57(14)82(61(74)18)106(99,100)90-45-41-85(21,26-3)27-4)69-36-38-71-80(76-55(12)51-59(16)84(63(76)20)108(103,104)92-47-43-87(23,30-7)31-8)72-39-37-70-79(68-35-33-66(77)94(68)88(93(65)67,95(69)71)96(70)72)75-54(11)50-58(15)83(62(75)19)107(101,102)91-46-42-86(22,28-5)29-6/h32-39,48-51,64,89-92H,24-31,40-47H2,1-23H3/q+2. The summed E-state index contributed by atoms with van der Waals surface area (Å²) in [5, 5.41) is 1.53. The first-order valence-corrected chi connectivity index (χ1v) is 45.5. The van der Waals surface area contributed by atoms with Crippen LogP contribution in [0.2, 0.25) is 0 Å². The number of nitrogens with zero attached hydrogens (tertiary/aromatic N) is 4. The summed E-state index contributed by atoms with van der Waals surface area (Å²) < 4.78 is 145. The monoisotopic (exact) mass is 1540 g/mol. The average Bonchev–Trinajstić information content (AvgIpc) is 1.42. The van der Waals surface area contributed by atoms with E-state index in [4.69, 9.17) is 0 Å². The topological polar surface area (TPSA) is 201 Å². The third kappa shape index (κ3) is 12.7. The van der Waals surface area contributed by atoms with E-state index >= 15 is 33.7 Å². The minimum Gasteiger partial charge on any atom is -0.211 e. The molecule has 6 aliphatic heterocycles. The second-order valence-electron chi connectivity index (χ2n) is 33.1. The molecule has 12 rings (SSSR count). The SMILES string of the molecule is CCC(CC)CCNS(=O)(=O)c1c(C)cc(C)c(C2=c3ccc4n3C35n6c(ccc6C(c6c(C)cc(C)c(S(=O)(=O)NCCC(C)(CC)CC)c6C)=C6C=CC(=[N+]63)C=4c3c(C)cc(C)c(S(=O)(=O)NCCC(C)(CC)CC)c3C)C(c3c(C)cc(C)c(S(=O)(=O)NCCC(C)(CC)CC)c3C)=C3C=CC2=[N+]35)c1C. The third-order valence-electron chi connectivity index (χ3n) is 26.6. The number of hydrogen-bond donors (Lipinski definition) is 4. The van der Waals surface area contributed by atoms with Gasteiger partial charge in [-0.3, -0.25) is 0 Å². The molecule has 6 aromatic rings. The molecule has 2 aromatic heterocycles. The third-order valence-corrected chi connectivity index (χ3v) is 33.6. The van der Waals surface area contributed by atoms with Gasteiger partial charge in [-0.15, -0.1) is 0 Å². The molecule has 0 amide bonds. The number of sulfonamides is 4. The molecule has 16 nitrogen and oxygen atoms in total. The fourth-order valence-corrected chi connectivity index (χ4v) is 25.3. The maximum atomic E-state index is 15.4. The largest absolute Gasteiger partial charge is 0.553 e. The second-order valence-corrected chi connectivity index (χ2v) is 39.9. The van der Waals surface area contributed by atoms with E-state index in [1.807, 2.05) is 79.7 Å². The van der Waals surface area contributed by atoms with Crippen molar-refractivity contribution in [1.29, 1.82) is 0 Å². The predicted octanol–water partition coefficient (Wildman–Crippen LogP) is 15.7. The van der Waals surface area contributed by atoms with Crippen molar-refractivity contribution in [2.75, 3.05) is 26.2 Å². The maximum absolute atomic E-state index is 15.4. The summed E-state index contributed by atoms with van der Waals surface area (Å²) in [7, 11) is -16.6. The highest BCUT2D eigenvalue weighted by Gasteiger charge is 2.73. The van der Waals surface area contributed by atoms with Crippen molar-refractivity contribution in [3.63, 3.8) is 0 Å². The lowest BCUT2D eigenvalue weighted by atomic mass is 9.82. The van der Waals surface area contributed by atoms with Crippen LogP contribution < -0.4 is 29.6 Å². The van der Waals surface area contributed by atoms with Crippen molar-refractivity contribution < 1.29 is 42.8 Å². The lowest BCUT2D eigenvalue weighted by molar-refractivity contribution is -0.834. The van der Waals surface area contributed by atoms with Gasteiger partial charge in [0.25, 0.3) is 0 Å². The molecule has 8 heterocycles. The van der Waals surface area contributed by atoms with Gasteiger partial charge in [0.1, 0.15) is 0 Å². The van der Waals surface area contributed by atoms with E-state index in [0.717, 1.165) is 163 Å². The first-order chi connectivity index (χ1) is 50.7. The van der Waals surface area contributed by atoms with Gasteiger partial charge in [0.15, 0.2) is 0 Å². The fourth-order valence-electron chi connectivity index (χ4n) is 19.3. The summed E-state index contributed by atoms with van der Waals surface area (Å²) >= 11 is 0. The zero-order valence-electron chi connectivity index (χ0n) is 68.5. The van der Waals surface area contributed by atoms with Gasteiger partial charge in [-0.25, -0.2) is 52.6 Å². The molecule has 0 saturated carbocycles. The highest BCUT2D eigenvalue weighted by molar-refractivity contribution is 7.90. The van der Waals surface area contributed by atoms with E-state index in [1.54, 1.807) is 0 Å². The van der Waals surface area contributed by atoms with Gasteiger partial charge in [-0.1, -0.05) is 161 Å². The Kier molecular flexibility index (Phi) is 21.7. The molecule has 4 N–H and O–H groups in total. The molecule has 580 valence electrons. The van der Waals surface area contributed by atoms with Gasteiger partial charge in [-0.2, -0.15) is 9.13 Å². The number of aryl methyl sites for hydroxylation is 8. The number of hydrogen-bond acceptors (Lipinski definition) is 8. The molecule has 108 heavy (non-hydrogen) atoms. The van der Waals surface area contributed by atoms with Crippen LogP contribution in [0.15, 0.2) is 104 Å². The fraction of sp³-hybridized carbons (Fsp3) is 0.500. The highest BCUT2D eigenvalue weighted by atomic mass is 32.2. The highest BCUT2D eigenvalue weighted by Crippen LogP contribution is 2.56. The van der Waals surface area contributed by atoms with Gasteiger partial charge in [0.2, 0.25) is 62.9 Å². The van der Waals surface area contributed by atoms with Crippen molar-refractivity contribution in [2.24, 2.45) is 22.2 Å². The zero-order chi connectivity index (χ0) is 79.0. The molecule has 0 fully saturated rings. The minimum absolute atomic E-state index is 0.0594. The number of benzene rings is 4. The smallest absolute Gasteiger partial charge is 0.211 e. The van der Waals surface area contributed by atoms with E-state index < -0.39 is 46.0 Å². The van der Waals surface area contributed by atoms with Crippen molar-refractivity contribution in [1.82, 2.24) is 28.0 Å². The van der Waals surface area contributed by atoms with Crippen molar-refractivity contribution in [3.05, 3.63) is 195 Å². The Bertz CT molecular complexity index is 5630. The molecular weight excluding hydrogens is 1430 g/mol. The van der Waals surface area contributed by atoms with Crippen LogP contribution in [0.4, 0.5) is 0 Å². The van der Waals surface area contributed by atoms with Crippen molar-refractivity contribution in [3.8, 4) is 0 Å². The summed E-state index contributed by atoms with van der Waals surface area (Å²) in [5.74, 6) is -1.12. The Balaban J connectivity index is 1.25. The van der Waals surface area contributed by atoms with Crippen LogP contribution in [-0.2, 0) is 46.0 Å². The average molecular weight is 1540 g/mol. The van der Waals surface area contributed by atoms with E-state index in [1.165, 1.54) is 0 Å². The summed E-state index contributed by atoms with van der Waals surface area (Å²) in [6, 6.07) is 16.5. The molecule has 0 radical (unpaired) electrons. The van der Waals surface area contributed by atoms with Gasteiger partial charge in [0.05, 0.1) is 64.0 Å².